The molecule has 0 aromatic rings. The summed E-state index contributed by atoms with van der Waals surface area (Å²) < 4.78 is 0. The van der Waals surface area contributed by atoms with Gasteiger partial charge in [0.2, 0.25) is 0 Å². The first-order valence-electron chi connectivity index (χ1n) is 6.27. The minimum atomic E-state index is 0.404. The van der Waals surface area contributed by atoms with E-state index in [9.17, 15) is 0 Å². The second kappa shape index (κ2) is 2.65. The van der Waals surface area contributed by atoms with Crippen LogP contribution in [0, 0.1) is 29.1 Å². The van der Waals surface area contributed by atoms with Crippen molar-refractivity contribution in [1.29, 1.82) is 0 Å². The lowest BCUT2D eigenvalue weighted by molar-refractivity contribution is 0.170. The van der Waals surface area contributed by atoms with Gasteiger partial charge in [-0.15, -0.1) is 0 Å². The highest BCUT2D eigenvalue weighted by Crippen LogP contribution is 2.63. The minimum absolute atomic E-state index is 0.404. The van der Waals surface area contributed by atoms with Gasteiger partial charge in [0.05, 0.1) is 0 Å². The molecule has 0 aromatic carbocycles. The van der Waals surface area contributed by atoms with Crippen LogP contribution in [0.15, 0.2) is 11.6 Å². The zero-order valence-electron chi connectivity index (χ0n) is 9.72. The van der Waals surface area contributed by atoms with Gasteiger partial charge < -0.3 is 0 Å². The van der Waals surface area contributed by atoms with Crippen molar-refractivity contribution < 1.29 is 0 Å². The van der Waals surface area contributed by atoms with Crippen LogP contribution < -0.4 is 0 Å². The Labute approximate surface area is 87.8 Å². The molecule has 14 heavy (non-hydrogen) atoms. The predicted octanol–water partition coefficient (Wildman–Crippen LogP) is 4.02. The summed E-state index contributed by atoms with van der Waals surface area (Å²) >= 11 is 0. The van der Waals surface area contributed by atoms with Crippen LogP contribution in [0.3, 0.4) is 0 Å². The van der Waals surface area contributed by atoms with Gasteiger partial charge in [-0.2, -0.15) is 0 Å². The first-order chi connectivity index (χ1) is 6.54. The van der Waals surface area contributed by atoms with Crippen LogP contribution in [0.25, 0.3) is 0 Å². The maximum atomic E-state index is 2.59. The summed E-state index contributed by atoms with van der Waals surface area (Å²) in [5.74, 6) is 4.25. The van der Waals surface area contributed by atoms with Crippen LogP contribution in [0.4, 0.5) is 0 Å². The second-order valence-corrected chi connectivity index (χ2v) is 6.80. The van der Waals surface area contributed by atoms with Crippen molar-refractivity contribution in [2.24, 2.45) is 29.1 Å². The monoisotopic (exact) mass is 190 g/mol. The normalized spacial score (nSPS) is 48.1. The summed E-state index contributed by atoms with van der Waals surface area (Å²) in [6, 6.07) is 0. The van der Waals surface area contributed by atoms with Gasteiger partial charge >= 0.3 is 0 Å². The van der Waals surface area contributed by atoms with Crippen LogP contribution in [0.2, 0.25) is 0 Å². The van der Waals surface area contributed by atoms with E-state index in [1.807, 2.05) is 5.57 Å². The third-order valence-electron chi connectivity index (χ3n) is 4.57. The molecule has 0 radical (unpaired) electrons. The molecule has 4 atom stereocenters. The lowest BCUT2D eigenvalue weighted by atomic mass is 9.59. The molecule has 0 nitrogen and oxygen atoms in total. The van der Waals surface area contributed by atoms with Gasteiger partial charge in [0.25, 0.3) is 0 Å². The van der Waals surface area contributed by atoms with Crippen molar-refractivity contribution in [1.82, 2.24) is 0 Å². The van der Waals surface area contributed by atoms with E-state index in [1.54, 1.807) is 6.42 Å². The summed E-state index contributed by atoms with van der Waals surface area (Å²) in [7, 11) is 0. The van der Waals surface area contributed by atoms with E-state index >= 15 is 0 Å². The van der Waals surface area contributed by atoms with Crippen LogP contribution in [0.5, 0.6) is 0 Å². The van der Waals surface area contributed by atoms with Crippen LogP contribution >= 0.6 is 0 Å². The molecule has 0 aromatic heterocycles. The van der Waals surface area contributed by atoms with Gasteiger partial charge in [0.1, 0.15) is 0 Å². The average molecular weight is 190 g/mol. The zero-order valence-corrected chi connectivity index (χ0v) is 9.72. The molecular formula is C14H22. The number of hydrogen-bond donors (Lipinski definition) is 0. The summed E-state index contributed by atoms with van der Waals surface area (Å²) in [5.41, 5.74) is 2.25. The lowest BCUT2D eigenvalue weighted by Crippen LogP contribution is -2.37. The molecule has 2 bridgehead atoms. The molecular weight excluding hydrogens is 168 g/mol. The Bertz CT molecular complexity index is 271. The molecule has 0 heterocycles. The minimum Gasteiger partial charge on any atom is -0.0793 e. The Hall–Kier alpha value is -0.260. The molecule has 0 saturated heterocycles. The van der Waals surface area contributed by atoms with E-state index in [-0.39, 0.29) is 0 Å². The summed E-state index contributed by atoms with van der Waals surface area (Å²) in [6.07, 6.45) is 8.72. The molecule has 3 fully saturated rings. The molecule has 3 aliphatic rings. The summed E-state index contributed by atoms with van der Waals surface area (Å²) in [6.45, 7) is 7.03. The third-order valence-corrected chi connectivity index (χ3v) is 4.57. The number of allylic oxidation sites excluding steroid dienone is 2. The number of rotatable bonds is 0. The first kappa shape index (κ1) is 9.00. The maximum Gasteiger partial charge on any atom is -0.0163 e. The van der Waals surface area contributed by atoms with E-state index in [2.05, 4.69) is 26.8 Å². The van der Waals surface area contributed by atoms with E-state index < -0.39 is 0 Å². The van der Waals surface area contributed by atoms with E-state index in [4.69, 9.17) is 0 Å². The predicted molar refractivity (Wildman–Crippen MR) is 60.0 cm³/mol. The topological polar surface area (TPSA) is 0 Å². The highest BCUT2D eigenvalue weighted by Gasteiger charge is 2.53. The van der Waals surface area contributed by atoms with Gasteiger partial charge in [-0.3, -0.25) is 0 Å². The fraction of sp³-hybridized carbons (Fsp3) is 0.857. The van der Waals surface area contributed by atoms with Crippen LogP contribution in [-0.4, -0.2) is 0 Å². The summed E-state index contributed by atoms with van der Waals surface area (Å²) in [4.78, 5) is 0. The Morgan fingerprint density at radius 1 is 1.07 bits per heavy atom. The highest BCUT2D eigenvalue weighted by atomic mass is 14.6. The Balaban J connectivity index is 1.88. The smallest absolute Gasteiger partial charge is 0.0163 e. The van der Waals surface area contributed by atoms with Crippen molar-refractivity contribution >= 4 is 0 Å². The Morgan fingerprint density at radius 3 is 2.57 bits per heavy atom. The Morgan fingerprint density at radius 2 is 1.86 bits per heavy atom. The van der Waals surface area contributed by atoms with Gasteiger partial charge in [-0.1, -0.05) is 32.4 Å². The van der Waals surface area contributed by atoms with E-state index in [1.165, 1.54) is 19.3 Å². The van der Waals surface area contributed by atoms with Crippen LogP contribution in [-0.2, 0) is 0 Å². The third kappa shape index (κ3) is 1.19. The molecule has 0 aliphatic heterocycles. The molecule has 3 rings (SSSR count). The van der Waals surface area contributed by atoms with E-state index in [0.29, 0.717) is 5.41 Å². The Kier molecular flexibility index (Phi) is 1.70. The maximum absolute atomic E-state index is 2.59. The van der Waals surface area contributed by atoms with Crippen molar-refractivity contribution in [2.75, 3.05) is 0 Å². The first-order valence-corrected chi connectivity index (χ1v) is 6.27. The van der Waals surface area contributed by atoms with E-state index in [0.717, 1.165) is 23.7 Å². The highest BCUT2D eigenvalue weighted by molar-refractivity contribution is 5.29. The molecule has 78 valence electrons. The largest absolute Gasteiger partial charge is 0.0793 e. The number of fused-ring (bicyclic) bond motifs is 1. The zero-order chi connectivity index (χ0) is 9.92. The molecule has 0 amide bonds. The van der Waals surface area contributed by atoms with Crippen LogP contribution in [0.1, 0.15) is 46.5 Å². The quantitative estimate of drug-likeness (QED) is 0.506. The SMILES string of the molecule is CC(C)(C)C=C1[C@H]2CC[C@@H]3C[C@H]2[C@H]1C3. The standard InChI is InChI=1S/C14H22/c1-14(2,3)8-13-10-5-4-9-6-11(10)12(13)7-9/h8-12H,4-7H2,1-3H3/t9-,10+,11-,12-/m1/s1. The summed E-state index contributed by atoms with van der Waals surface area (Å²) in [5, 5.41) is 0. The molecule has 3 aliphatic carbocycles. The van der Waals surface area contributed by atoms with Gasteiger partial charge in [-0.25, -0.2) is 0 Å². The van der Waals surface area contributed by atoms with Gasteiger partial charge in [-0.05, 0) is 54.8 Å². The van der Waals surface area contributed by atoms with Crippen molar-refractivity contribution in [2.45, 2.75) is 46.5 Å². The van der Waals surface area contributed by atoms with Gasteiger partial charge in [0.15, 0.2) is 0 Å². The average Bonchev–Trinajstić information content (AvgIpc) is 2.25. The fourth-order valence-electron chi connectivity index (χ4n) is 4.16. The molecule has 0 unspecified atom stereocenters. The van der Waals surface area contributed by atoms with Crippen molar-refractivity contribution in [3.63, 3.8) is 0 Å². The molecule has 0 N–H and O–H groups in total. The number of hydrogen-bond acceptors (Lipinski definition) is 0. The molecule has 3 saturated carbocycles. The molecule has 0 spiro atoms. The fourth-order valence-corrected chi connectivity index (χ4v) is 4.16. The lowest BCUT2D eigenvalue weighted by Gasteiger charge is -2.46. The van der Waals surface area contributed by atoms with Crippen molar-refractivity contribution in [3.8, 4) is 0 Å². The van der Waals surface area contributed by atoms with Crippen molar-refractivity contribution in [3.05, 3.63) is 11.6 Å². The molecule has 0 heteroatoms. The van der Waals surface area contributed by atoms with Gasteiger partial charge in [0, 0.05) is 0 Å². The second-order valence-electron chi connectivity index (χ2n) is 6.80.